The Hall–Kier alpha value is -2.55. The lowest BCUT2D eigenvalue weighted by Crippen LogP contribution is -2.13. The summed E-state index contributed by atoms with van der Waals surface area (Å²) in [5.41, 5.74) is 0.574. The van der Waals surface area contributed by atoms with Gasteiger partial charge in [-0.1, -0.05) is 6.07 Å². The zero-order valence-electron chi connectivity index (χ0n) is 10.9. The van der Waals surface area contributed by atoms with E-state index in [-0.39, 0.29) is 11.1 Å². The van der Waals surface area contributed by atoms with Crippen LogP contribution in [0.1, 0.15) is 27.5 Å². The normalized spacial score (nSPS) is 11.9. The molecule has 1 heterocycles. The molecule has 0 N–H and O–H groups in total. The number of hydrogen-bond donors (Lipinski definition) is 0. The second kappa shape index (κ2) is 5.21. The molecular weight excluding hydrogens is 264 g/mol. The molecule has 2 aromatic rings. The number of aromatic nitrogens is 2. The number of benzene rings is 1. The molecule has 0 aliphatic rings. The highest BCUT2D eigenvalue weighted by Crippen LogP contribution is 2.24. The monoisotopic (exact) mass is 275 g/mol. The predicted molar refractivity (Wildman–Crippen MR) is 67.0 cm³/mol. The molecule has 1 unspecified atom stereocenters. The number of hydrogen-bond acceptors (Lipinski definition) is 3. The fourth-order valence-corrected chi connectivity index (χ4v) is 2.00. The molecule has 4 nitrogen and oxygen atoms in total. The Balaban J connectivity index is 2.45. The van der Waals surface area contributed by atoms with Gasteiger partial charge in [0.1, 0.15) is 17.6 Å². The minimum absolute atomic E-state index is 0.137. The van der Waals surface area contributed by atoms with Crippen LogP contribution in [-0.4, -0.2) is 15.6 Å². The third-order valence-corrected chi connectivity index (χ3v) is 2.94. The number of carbonyl (C=O) groups is 1. The quantitative estimate of drug-likeness (QED) is 0.809. The molecule has 0 bridgehead atoms. The van der Waals surface area contributed by atoms with Crippen LogP contribution in [0.5, 0.6) is 0 Å². The number of rotatable bonds is 3. The summed E-state index contributed by atoms with van der Waals surface area (Å²) in [6, 6.07) is 4.55. The maximum atomic E-state index is 13.7. The molecule has 0 aliphatic heterocycles. The smallest absolute Gasteiger partial charge is 0.187 e. The molecule has 0 fully saturated rings. The summed E-state index contributed by atoms with van der Waals surface area (Å²) < 4.78 is 28.0. The average Bonchev–Trinajstić information content (AvgIpc) is 2.71. The molecule has 1 aromatic carbocycles. The van der Waals surface area contributed by atoms with Gasteiger partial charge in [-0.15, -0.1) is 0 Å². The largest absolute Gasteiger partial charge is 0.292 e. The molecule has 0 saturated heterocycles. The van der Waals surface area contributed by atoms with Gasteiger partial charge in [0.05, 0.1) is 17.3 Å². The average molecular weight is 275 g/mol. The second-order valence-electron chi connectivity index (χ2n) is 4.39. The van der Waals surface area contributed by atoms with Gasteiger partial charge in [0.15, 0.2) is 5.78 Å². The third kappa shape index (κ3) is 2.43. The first kappa shape index (κ1) is 13.9. The van der Waals surface area contributed by atoms with Crippen molar-refractivity contribution in [3.63, 3.8) is 0 Å². The number of ketones is 1. The summed E-state index contributed by atoms with van der Waals surface area (Å²) in [7, 11) is 1.64. The Morgan fingerprint density at radius 1 is 1.45 bits per heavy atom. The summed E-state index contributed by atoms with van der Waals surface area (Å²) in [6.45, 7) is 1.63. The van der Waals surface area contributed by atoms with Crippen LogP contribution >= 0.6 is 0 Å². The molecule has 2 rings (SSSR count). The lowest BCUT2D eigenvalue weighted by Gasteiger charge is -2.09. The van der Waals surface area contributed by atoms with Gasteiger partial charge in [-0.2, -0.15) is 10.4 Å². The van der Waals surface area contributed by atoms with E-state index in [1.165, 1.54) is 10.9 Å². The molecule has 1 atom stereocenters. The van der Waals surface area contributed by atoms with E-state index in [0.29, 0.717) is 11.8 Å². The van der Waals surface area contributed by atoms with Crippen LogP contribution in [-0.2, 0) is 7.05 Å². The van der Waals surface area contributed by atoms with E-state index in [2.05, 4.69) is 5.10 Å². The van der Waals surface area contributed by atoms with E-state index in [9.17, 15) is 13.6 Å². The summed E-state index contributed by atoms with van der Waals surface area (Å²) in [5.74, 6) is -3.54. The van der Waals surface area contributed by atoms with Crippen molar-refractivity contribution in [1.82, 2.24) is 9.78 Å². The molecule has 1 aromatic heterocycles. The highest BCUT2D eigenvalue weighted by molar-refractivity contribution is 6.03. The number of halogens is 2. The zero-order valence-corrected chi connectivity index (χ0v) is 10.9. The van der Waals surface area contributed by atoms with E-state index in [0.717, 1.165) is 12.1 Å². The highest BCUT2D eigenvalue weighted by atomic mass is 19.1. The molecule has 0 radical (unpaired) electrons. The Morgan fingerprint density at radius 3 is 2.65 bits per heavy atom. The summed E-state index contributed by atoms with van der Waals surface area (Å²) in [6.07, 6.45) is 1.48. The molecule has 0 aliphatic carbocycles. The highest BCUT2D eigenvalue weighted by Gasteiger charge is 2.27. The molecule has 102 valence electrons. The van der Waals surface area contributed by atoms with Crippen LogP contribution in [0.4, 0.5) is 8.78 Å². The topological polar surface area (TPSA) is 58.7 Å². The van der Waals surface area contributed by atoms with Crippen molar-refractivity contribution in [1.29, 1.82) is 5.26 Å². The van der Waals surface area contributed by atoms with Gasteiger partial charge in [-0.25, -0.2) is 8.78 Å². The van der Waals surface area contributed by atoms with Gasteiger partial charge in [0.2, 0.25) is 0 Å². The number of nitrogens with zero attached hydrogens (tertiary/aromatic N) is 3. The lowest BCUT2D eigenvalue weighted by atomic mass is 9.92. The fourth-order valence-electron chi connectivity index (χ4n) is 2.00. The van der Waals surface area contributed by atoms with Crippen molar-refractivity contribution in [2.75, 3.05) is 0 Å². The van der Waals surface area contributed by atoms with Gasteiger partial charge >= 0.3 is 0 Å². The minimum Gasteiger partial charge on any atom is -0.292 e. The Labute approximate surface area is 114 Å². The van der Waals surface area contributed by atoms with Crippen molar-refractivity contribution >= 4 is 5.78 Å². The van der Waals surface area contributed by atoms with Crippen LogP contribution in [0.3, 0.4) is 0 Å². The van der Waals surface area contributed by atoms with Gasteiger partial charge in [0, 0.05) is 24.9 Å². The summed E-state index contributed by atoms with van der Waals surface area (Å²) in [5, 5.41) is 13.2. The first-order valence-corrected chi connectivity index (χ1v) is 5.83. The molecule has 20 heavy (non-hydrogen) atoms. The summed E-state index contributed by atoms with van der Waals surface area (Å²) >= 11 is 0. The van der Waals surface area contributed by atoms with E-state index in [1.807, 2.05) is 0 Å². The SMILES string of the molecule is Cc1nn(C)cc1C(=O)C(C#N)c1ccc(F)cc1F. The van der Waals surface area contributed by atoms with Crippen molar-refractivity contribution in [3.8, 4) is 6.07 Å². The molecular formula is C14H11F2N3O. The van der Waals surface area contributed by atoms with E-state index >= 15 is 0 Å². The van der Waals surface area contributed by atoms with Crippen molar-refractivity contribution in [3.05, 3.63) is 52.9 Å². The third-order valence-electron chi connectivity index (χ3n) is 2.94. The zero-order chi connectivity index (χ0) is 14.9. The van der Waals surface area contributed by atoms with Crippen LogP contribution in [0, 0.1) is 29.9 Å². The first-order valence-electron chi connectivity index (χ1n) is 5.83. The minimum atomic E-state index is -1.32. The van der Waals surface area contributed by atoms with Gasteiger partial charge in [0.25, 0.3) is 0 Å². The summed E-state index contributed by atoms with van der Waals surface area (Å²) in [4.78, 5) is 12.3. The molecule has 0 spiro atoms. The fraction of sp³-hybridized carbons (Fsp3) is 0.214. The maximum Gasteiger partial charge on any atom is 0.187 e. The predicted octanol–water partition coefficient (Wildman–Crippen LogP) is 2.50. The van der Waals surface area contributed by atoms with E-state index < -0.39 is 23.3 Å². The molecule has 0 amide bonds. The van der Waals surface area contributed by atoms with Crippen LogP contribution < -0.4 is 0 Å². The van der Waals surface area contributed by atoms with Crippen LogP contribution in [0.2, 0.25) is 0 Å². The Morgan fingerprint density at radius 2 is 2.15 bits per heavy atom. The number of carbonyl (C=O) groups excluding carboxylic acids is 1. The maximum absolute atomic E-state index is 13.7. The number of nitriles is 1. The van der Waals surface area contributed by atoms with Gasteiger partial charge < -0.3 is 0 Å². The Kier molecular flexibility index (Phi) is 3.61. The van der Waals surface area contributed by atoms with Crippen molar-refractivity contribution < 1.29 is 13.6 Å². The second-order valence-corrected chi connectivity index (χ2v) is 4.39. The van der Waals surface area contributed by atoms with E-state index in [1.54, 1.807) is 20.0 Å². The molecule has 0 saturated carbocycles. The number of aryl methyl sites for hydroxylation is 2. The Bertz CT molecular complexity index is 716. The van der Waals surface area contributed by atoms with Gasteiger partial charge in [-0.05, 0) is 13.0 Å². The van der Waals surface area contributed by atoms with Crippen LogP contribution in [0.15, 0.2) is 24.4 Å². The van der Waals surface area contributed by atoms with Crippen LogP contribution in [0.25, 0.3) is 0 Å². The molecule has 6 heteroatoms. The standard InChI is InChI=1S/C14H11F2N3O/c1-8-12(7-19(2)18-8)14(20)11(6-17)10-4-3-9(15)5-13(10)16/h3-5,7,11H,1-2H3. The van der Waals surface area contributed by atoms with Crippen molar-refractivity contribution in [2.45, 2.75) is 12.8 Å². The number of Topliss-reactive ketones (excluding diaryl/α,β-unsaturated/α-hetero) is 1. The lowest BCUT2D eigenvalue weighted by molar-refractivity contribution is 0.0976. The first-order chi connectivity index (χ1) is 9.43. The van der Waals surface area contributed by atoms with E-state index in [4.69, 9.17) is 5.26 Å². The van der Waals surface area contributed by atoms with Crippen molar-refractivity contribution in [2.24, 2.45) is 7.05 Å². The van der Waals surface area contributed by atoms with Gasteiger partial charge in [-0.3, -0.25) is 9.48 Å².